The van der Waals surface area contributed by atoms with E-state index in [2.05, 4.69) is 4.98 Å². The van der Waals surface area contributed by atoms with Crippen LogP contribution in [0.2, 0.25) is 0 Å². The van der Waals surface area contributed by atoms with Crippen LogP contribution in [0.5, 0.6) is 0 Å². The molecule has 1 aromatic heterocycles. The molecule has 7 heteroatoms. The number of methoxy groups -OCH3 is 1. The highest BCUT2D eigenvalue weighted by Crippen LogP contribution is 2.27. The Morgan fingerprint density at radius 3 is 2.81 bits per heavy atom. The number of aliphatic carboxylic acids is 1. The lowest BCUT2D eigenvalue weighted by atomic mass is 9.93. The molecule has 0 aliphatic carbocycles. The molecule has 1 saturated heterocycles. The smallest absolute Gasteiger partial charge is 0.308 e. The molecular formula is C14H20N2O4S. The maximum Gasteiger partial charge on any atom is 0.308 e. The topological polar surface area (TPSA) is 79.7 Å². The SMILES string of the molecule is COCc1nc(C)c(C(=O)N2CC(C(=O)O)CCC2C)s1. The molecule has 21 heavy (non-hydrogen) atoms. The number of amides is 1. The van der Waals surface area contributed by atoms with Crippen LogP contribution >= 0.6 is 11.3 Å². The first-order valence-corrected chi connectivity index (χ1v) is 7.74. The number of piperidine rings is 1. The molecule has 1 aliphatic heterocycles. The van der Waals surface area contributed by atoms with Crippen LogP contribution in [-0.4, -0.2) is 46.6 Å². The van der Waals surface area contributed by atoms with E-state index in [0.717, 1.165) is 5.01 Å². The lowest BCUT2D eigenvalue weighted by molar-refractivity contribution is -0.143. The van der Waals surface area contributed by atoms with Gasteiger partial charge in [0, 0.05) is 19.7 Å². The van der Waals surface area contributed by atoms with Gasteiger partial charge < -0.3 is 14.7 Å². The van der Waals surface area contributed by atoms with Crippen LogP contribution in [0.25, 0.3) is 0 Å². The number of likely N-dealkylation sites (tertiary alicyclic amines) is 1. The summed E-state index contributed by atoms with van der Waals surface area (Å²) in [7, 11) is 1.59. The second-order valence-electron chi connectivity index (χ2n) is 5.37. The van der Waals surface area contributed by atoms with Gasteiger partial charge in [-0.25, -0.2) is 4.98 Å². The molecular weight excluding hydrogens is 292 g/mol. The number of nitrogens with zero attached hydrogens (tertiary/aromatic N) is 2. The van der Waals surface area contributed by atoms with Crippen LogP contribution in [0.15, 0.2) is 0 Å². The van der Waals surface area contributed by atoms with Crippen molar-refractivity contribution in [2.45, 2.75) is 39.3 Å². The summed E-state index contributed by atoms with van der Waals surface area (Å²) in [6, 6.07) is 0.0560. The molecule has 1 N–H and O–H groups in total. The average Bonchev–Trinajstić information content (AvgIpc) is 2.79. The van der Waals surface area contributed by atoms with Crippen LogP contribution in [0.1, 0.15) is 40.1 Å². The lowest BCUT2D eigenvalue weighted by Gasteiger charge is -2.36. The molecule has 0 radical (unpaired) electrons. The summed E-state index contributed by atoms with van der Waals surface area (Å²) >= 11 is 1.32. The number of carbonyl (C=O) groups is 2. The zero-order valence-corrected chi connectivity index (χ0v) is 13.3. The summed E-state index contributed by atoms with van der Waals surface area (Å²) in [6.45, 7) is 4.41. The van der Waals surface area contributed by atoms with Crippen LogP contribution < -0.4 is 0 Å². The quantitative estimate of drug-likeness (QED) is 0.919. The average molecular weight is 312 g/mol. The number of aryl methyl sites for hydroxylation is 1. The molecule has 1 aromatic rings. The monoisotopic (exact) mass is 312 g/mol. The molecule has 1 fully saturated rings. The first-order chi connectivity index (χ1) is 9.93. The first kappa shape index (κ1) is 15.9. The highest BCUT2D eigenvalue weighted by atomic mass is 32.1. The number of carboxylic acids is 1. The second-order valence-corrected chi connectivity index (χ2v) is 6.46. The summed E-state index contributed by atoms with van der Waals surface area (Å²) in [5, 5.41) is 9.92. The Bertz CT molecular complexity index is 543. The fraction of sp³-hybridized carbons (Fsp3) is 0.643. The molecule has 0 spiro atoms. The Morgan fingerprint density at radius 1 is 1.48 bits per heavy atom. The maximum atomic E-state index is 12.7. The Hall–Kier alpha value is -1.47. The molecule has 0 bridgehead atoms. The van der Waals surface area contributed by atoms with Crippen molar-refractivity contribution in [2.75, 3.05) is 13.7 Å². The van der Waals surface area contributed by atoms with Gasteiger partial charge in [-0.15, -0.1) is 11.3 Å². The van der Waals surface area contributed by atoms with Crippen molar-refractivity contribution in [3.8, 4) is 0 Å². The van der Waals surface area contributed by atoms with Gasteiger partial charge >= 0.3 is 5.97 Å². The molecule has 2 heterocycles. The highest BCUT2D eigenvalue weighted by Gasteiger charge is 2.34. The number of rotatable bonds is 4. The molecule has 1 amide bonds. The van der Waals surface area contributed by atoms with Gasteiger partial charge in [0.05, 0.1) is 18.2 Å². The Kier molecular flexibility index (Phi) is 4.95. The van der Waals surface area contributed by atoms with Gasteiger partial charge in [0.1, 0.15) is 9.88 Å². The number of carboxylic acid groups (broad SMARTS) is 1. The summed E-state index contributed by atoms with van der Waals surface area (Å²) in [5.41, 5.74) is 0.682. The number of carbonyl (C=O) groups excluding carboxylic acids is 1. The zero-order valence-electron chi connectivity index (χ0n) is 12.5. The third kappa shape index (κ3) is 3.41. The molecule has 2 unspecified atom stereocenters. The fourth-order valence-electron chi connectivity index (χ4n) is 2.56. The number of thiazole rings is 1. The van der Waals surface area contributed by atoms with Crippen molar-refractivity contribution < 1.29 is 19.4 Å². The maximum absolute atomic E-state index is 12.7. The molecule has 6 nitrogen and oxygen atoms in total. The largest absolute Gasteiger partial charge is 0.481 e. The van der Waals surface area contributed by atoms with Crippen molar-refractivity contribution in [1.29, 1.82) is 0 Å². The summed E-state index contributed by atoms with van der Waals surface area (Å²) < 4.78 is 5.04. The van der Waals surface area contributed by atoms with Crippen molar-refractivity contribution in [1.82, 2.24) is 9.88 Å². The Labute approximate surface area is 127 Å². The number of hydrogen-bond acceptors (Lipinski definition) is 5. The van der Waals surface area contributed by atoms with Crippen LogP contribution in [0.3, 0.4) is 0 Å². The zero-order chi connectivity index (χ0) is 15.6. The van der Waals surface area contributed by atoms with E-state index in [-0.39, 0.29) is 18.5 Å². The van der Waals surface area contributed by atoms with Gasteiger partial charge in [0.25, 0.3) is 5.91 Å². The van der Waals surface area contributed by atoms with Gasteiger partial charge in [-0.2, -0.15) is 0 Å². The van der Waals surface area contributed by atoms with E-state index >= 15 is 0 Å². The number of hydrogen-bond donors (Lipinski definition) is 1. The fourth-order valence-corrected chi connectivity index (χ4v) is 3.55. The Balaban J connectivity index is 2.19. The minimum Gasteiger partial charge on any atom is -0.481 e. The third-order valence-electron chi connectivity index (χ3n) is 3.80. The molecule has 116 valence electrons. The summed E-state index contributed by atoms with van der Waals surface area (Å²) in [5.74, 6) is -1.43. The van der Waals surface area contributed by atoms with Gasteiger partial charge in [-0.3, -0.25) is 9.59 Å². The molecule has 0 aromatic carbocycles. The number of aromatic nitrogens is 1. The minimum absolute atomic E-state index is 0.0560. The first-order valence-electron chi connectivity index (χ1n) is 6.93. The van der Waals surface area contributed by atoms with Crippen LogP contribution in [0, 0.1) is 12.8 Å². The number of ether oxygens (including phenoxy) is 1. The normalized spacial score (nSPS) is 22.3. The van der Waals surface area contributed by atoms with E-state index in [1.165, 1.54) is 11.3 Å². The Morgan fingerprint density at radius 2 is 2.19 bits per heavy atom. The van der Waals surface area contributed by atoms with Crippen molar-refractivity contribution in [2.24, 2.45) is 5.92 Å². The van der Waals surface area contributed by atoms with E-state index in [9.17, 15) is 9.59 Å². The highest BCUT2D eigenvalue weighted by molar-refractivity contribution is 7.13. The summed E-state index contributed by atoms with van der Waals surface area (Å²) in [6.07, 6.45) is 1.34. The predicted octanol–water partition coefficient (Wildman–Crippen LogP) is 1.92. The molecule has 0 saturated carbocycles. The van der Waals surface area contributed by atoms with Crippen molar-refractivity contribution in [3.05, 3.63) is 15.6 Å². The molecule has 2 atom stereocenters. The standard InChI is InChI=1S/C14H20N2O4S/c1-8-4-5-10(14(18)19)6-16(8)13(17)12-9(2)15-11(21-12)7-20-3/h8,10H,4-7H2,1-3H3,(H,18,19). The van der Waals surface area contributed by atoms with E-state index in [1.54, 1.807) is 18.9 Å². The van der Waals surface area contributed by atoms with Gasteiger partial charge in [-0.1, -0.05) is 0 Å². The molecule has 2 rings (SSSR count). The van der Waals surface area contributed by atoms with Crippen LogP contribution in [0.4, 0.5) is 0 Å². The van der Waals surface area contributed by atoms with Crippen LogP contribution in [-0.2, 0) is 16.1 Å². The van der Waals surface area contributed by atoms with E-state index in [4.69, 9.17) is 9.84 Å². The van der Waals surface area contributed by atoms with E-state index < -0.39 is 11.9 Å². The van der Waals surface area contributed by atoms with E-state index in [0.29, 0.717) is 30.0 Å². The van der Waals surface area contributed by atoms with Gasteiger partial charge in [0.15, 0.2) is 0 Å². The second kappa shape index (κ2) is 6.53. The lowest BCUT2D eigenvalue weighted by Crippen LogP contribution is -2.47. The van der Waals surface area contributed by atoms with E-state index in [1.807, 2.05) is 6.92 Å². The predicted molar refractivity (Wildman–Crippen MR) is 78.4 cm³/mol. The third-order valence-corrected chi connectivity index (χ3v) is 4.91. The minimum atomic E-state index is -0.833. The van der Waals surface area contributed by atoms with Crippen molar-refractivity contribution in [3.63, 3.8) is 0 Å². The van der Waals surface area contributed by atoms with Gasteiger partial charge in [-0.05, 0) is 26.7 Å². The van der Waals surface area contributed by atoms with Crippen molar-refractivity contribution >= 4 is 23.2 Å². The summed E-state index contributed by atoms with van der Waals surface area (Å²) in [4.78, 5) is 30.4. The molecule has 1 aliphatic rings. The van der Waals surface area contributed by atoms with Gasteiger partial charge in [0.2, 0.25) is 0 Å².